The van der Waals surface area contributed by atoms with Crippen molar-refractivity contribution in [2.75, 3.05) is 25.9 Å². The standard InChI is InChI=1S/C19H30N2O2S/c1-12-14(24-16(20)15(12)17(22)23-5)6-7-21-11-19(4)9-13(21)8-18(2,3)10-19/h13H,6-11,20H2,1-5H3. The molecule has 2 fully saturated rings. The maximum atomic E-state index is 11.9. The van der Waals surface area contributed by atoms with Gasteiger partial charge in [0.15, 0.2) is 0 Å². The lowest BCUT2D eigenvalue weighted by atomic mass is 9.65. The second-order valence-corrected chi connectivity index (χ2v) is 9.95. The number of nitrogens with zero attached hydrogens (tertiary/aromatic N) is 1. The van der Waals surface area contributed by atoms with Gasteiger partial charge in [-0.15, -0.1) is 11.3 Å². The maximum absolute atomic E-state index is 11.9. The molecule has 0 radical (unpaired) electrons. The fraction of sp³-hybridized carbons (Fsp3) is 0.737. The fourth-order valence-electron chi connectivity index (χ4n) is 5.26. The number of thiophene rings is 1. The van der Waals surface area contributed by atoms with Crippen LogP contribution < -0.4 is 5.73 Å². The predicted octanol–water partition coefficient (Wildman–Crippen LogP) is 3.87. The third kappa shape index (κ3) is 3.21. The van der Waals surface area contributed by atoms with Crippen LogP contribution in [0.1, 0.15) is 60.8 Å². The lowest BCUT2D eigenvalue weighted by Crippen LogP contribution is -2.35. The summed E-state index contributed by atoms with van der Waals surface area (Å²) in [5.74, 6) is -0.321. The summed E-state index contributed by atoms with van der Waals surface area (Å²) >= 11 is 1.54. The Balaban J connectivity index is 1.70. The molecule has 4 nitrogen and oxygen atoms in total. The number of anilines is 1. The highest BCUT2D eigenvalue weighted by Gasteiger charge is 2.49. The molecule has 2 heterocycles. The first-order valence-corrected chi connectivity index (χ1v) is 9.66. The molecule has 5 heteroatoms. The van der Waals surface area contributed by atoms with E-state index < -0.39 is 0 Å². The van der Waals surface area contributed by atoms with Crippen LogP contribution in [0.25, 0.3) is 0 Å². The van der Waals surface area contributed by atoms with E-state index in [0.29, 0.717) is 27.4 Å². The van der Waals surface area contributed by atoms with Gasteiger partial charge in [-0.05, 0) is 49.0 Å². The Morgan fingerprint density at radius 1 is 1.38 bits per heavy atom. The van der Waals surface area contributed by atoms with Crippen LogP contribution in [0.3, 0.4) is 0 Å². The molecule has 0 aromatic carbocycles. The highest BCUT2D eigenvalue weighted by Crippen LogP contribution is 2.52. The average Bonchev–Trinajstić information content (AvgIpc) is 2.88. The number of nitrogen functional groups attached to an aromatic ring is 1. The summed E-state index contributed by atoms with van der Waals surface area (Å²) in [5, 5.41) is 0.586. The molecule has 1 aliphatic heterocycles. The van der Waals surface area contributed by atoms with E-state index in [1.807, 2.05) is 6.92 Å². The molecule has 2 bridgehead atoms. The third-order valence-corrected chi connectivity index (χ3v) is 6.99. The van der Waals surface area contributed by atoms with Crippen LogP contribution >= 0.6 is 11.3 Å². The number of hydrogen-bond acceptors (Lipinski definition) is 5. The largest absolute Gasteiger partial charge is 0.465 e. The maximum Gasteiger partial charge on any atom is 0.341 e. The van der Waals surface area contributed by atoms with Gasteiger partial charge in [-0.25, -0.2) is 4.79 Å². The Labute approximate surface area is 149 Å². The number of fused-ring (bicyclic) bond motifs is 2. The first kappa shape index (κ1) is 17.7. The predicted molar refractivity (Wildman–Crippen MR) is 99.6 cm³/mol. The zero-order chi connectivity index (χ0) is 17.7. The van der Waals surface area contributed by atoms with Gasteiger partial charge in [-0.2, -0.15) is 0 Å². The minimum absolute atomic E-state index is 0.321. The molecule has 2 unspecified atom stereocenters. The third-order valence-electron chi connectivity index (χ3n) is 5.81. The number of carbonyl (C=O) groups is 1. The van der Waals surface area contributed by atoms with Gasteiger partial charge in [0, 0.05) is 24.0 Å². The van der Waals surface area contributed by atoms with Crippen molar-refractivity contribution in [1.82, 2.24) is 4.90 Å². The molecular formula is C19H30N2O2S. The summed E-state index contributed by atoms with van der Waals surface area (Å²) in [7, 11) is 1.41. The Kier molecular flexibility index (Phi) is 4.45. The zero-order valence-corrected chi connectivity index (χ0v) is 16.4. The molecule has 1 saturated carbocycles. The van der Waals surface area contributed by atoms with Crippen molar-refractivity contribution in [2.45, 2.75) is 59.4 Å². The van der Waals surface area contributed by atoms with Crippen molar-refractivity contribution in [3.63, 3.8) is 0 Å². The summed E-state index contributed by atoms with van der Waals surface area (Å²) in [6.07, 6.45) is 4.91. The van der Waals surface area contributed by atoms with Crippen molar-refractivity contribution in [1.29, 1.82) is 0 Å². The monoisotopic (exact) mass is 350 g/mol. The van der Waals surface area contributed by atoms with Gasteiger partial charge in [0.1, 0.15) is 5.00 Å². The Morgan fingerprint density at radius 3 is 2.75 bits per heavy atom. The number of ether oxygens (including phenoxy) is 1. The van der Waals surface area contributed by atoms with E-state index in [0.717, 1.165) is 18.5 Å². The quantitative estimate of drug-likeness (QED) is 0.838. The molecule has 1 aromatic rings. The van der Waals surface area contributed by atoms with Crippen molar-refractivity contribution in [2.24, 2.45) is 10.8 Å². The van der Waals surface area contributed by atoms with Crippen LogP contribution in [0.5, 0.6) is 0 Å². The highest BCUT2D eigenvalue weighted by molar-refractivity contribution is 7.16. The van der Waals surface area contributed by atoms with Crippen LogP contribution in [0.15, 0.2) is 0 Å². The van der Waals surface area contributed by atoms with E-state index in [2.05, 4.69) is 25.7 Å². The molecule has 0 amide bonds. The lowest BCUT2D eigenvalue weighted by molar-refractivity contribution is 0.0601. The van der Waals surface area contributed by atoms with Gasteiger partial charge >= 0.3 is 5.97 Å². The van der Waals surface area contributed by atoms with E-state index in [4.69, 9.17) is 10.5 Å². The van der Waals surface area contributed by atoms with Crippen LogP contribution in [-0.4, -0.2) is 37.1 Å². The molecule has 2 atom stereocenters. The lowest BCUT2D eigenvalue weighted by Gasteiger charge is -2.40. The molecule has 1 saturated heterocycles. The molecule has 2 N–H and O–H groups in total. The first-order chi connectivity index (χ1) is 11.1. The van der Waals surface area contributed by atoms with Gasteiger partial charge in [-0.3, -0.25) is 4.90 Å². The SMILES string of the molecule is COC(=O)c1c(N)sc(CCN2CC3(C)CC2CC(C)(C)C3)c1C. The fourth-order valence-corrected chi connectivity index (χ4v) is 6.31. The minimum Gasteiger partial charge on any atom is -0.465 e. The van der Waals surface area contributed by atoms with Crippen LogP contribution in [-0.2, 0) is 11.2 Å². The van der Waals surface area contributed by atoms with Crippen molar-refractivity contribution >= 4 is 22.3 Å². The van der Waals surface area contributed by atoms with Crippen molar-refractivity contribution in [3.8, 4) is 0 Å². The van der Waals surface area contributed by atoms with E-state index in [1.54, 1.807) is 11.3 Å². The first-order valence-electron chi connectivity index (χ1n) is 8.84. The van der Waals surface area contributed by atoms with Gasteiger partial charge in [-0.1, -0.05) is 20.8 Å². The number of rotatable bonds is 4. The van der Waals surface area contributed by atoms with Crippen LogP contribution in [0.4, 0.5) is 5.00 Å². The van der Waals surface area contributed by atoms with Gasteiger partial charge in [0.05, 0.1) is 12.7 Å². The Bertz CT molecular complexity index is 652. The second kappa shape index (κ2) is 6.03. The highest BCUT2D eigenvalue weighted by atomic mass is 32.1. The average molecular weight is 351 g/mol. The van der Waals surface area contributed by atoms with E-state index in [9.17, 15) is 4.79 Å². The molecule has 1 aliphatic carbocycles. The normalized spacial score (nSPS) is 29.0. The molecule has 1 aromatic heterocycles. The van der Waals surface area contributed by atoms with E-state index in [1.165, 1.54) is 37.8 Å². The number of methoxy groups -OCH3 is 1. The van der Waals surface area contributed by atoms with Crippen molar-refractivity contribution in [3.05, 3.63) is 16.0 Å². The van der Waals surface area contributed by atoms with Crippen LogP contribution in [0, 0.1) is 17.8 Å². The number of nitrogens with two attached hydrogens (primary N) is 1. The molecule has 24 heavy (non-hydrogen) atoms. The van der Waals surface area contributed by atoms with E-state index in [-0.39, 0.29) is 5.97 Å². The second-order valence-electron chi connectivity index (χ2n) is 8.82. The minimum atomic E-state index is -0.321. The summed E-state index contributed by atoms with van der Waals surface area (Å²) in [6, 6.07) is 0.705. The number of likely N-dealkylation sites (tertiary alicyclic amines) is 1. The number of esters is 1. The Morgan fingerprint density at radius 2 is 2.08 bits per heavy atom. The molecular weight excluding hydrogens is 320 g/mol. The molecule has 3 rings (SSSR count). The molecule has 134 valence electrons. The topological polar surface area (TPSA) is 55.6 Å². The van der Waals surface area contributed by atoms with Gasteiger partial charge in [0.25, 0.3) is 0 Å². The summed E-state index contributed by atoms with van der Waals surface area (Å²) < 4.78 is 4.86. The van der Waals surface area contributed by atoms with E-state index >= 15 is 0 Å². The van der Waals surface area contributed by atoms with Gasteiger partial charge in [0.2, 0.25) is 0 Å². The van der Waals surface area contributed by atoms with Crippen LogP contribution in [0.2, 0.25) is 0 Å². The number of carbonyl (C=O) groups excluding carboxylic acids is 1. The zero-order valence-electron chi connectivity index (χ0n) is 15.6. The summed E-state index contributed by atoms with van der Waals surface area (Å²) in [5.41, 5.74) is 8.53. The number of hydrogen-bond donors (Lipinski definition) is 1. The van der Waals surface area contributed by atoms with Crippen molar-refractivity contribution < 1.29 is 9.53 Å². The smallest absolute Gasteiger partial charge is 0.341 e. The molecule has 2 aliphatic rings. The molecule has 0 spiro atoms. The van der Waals surface area contributed by atoms with Gasteiger partial charge < -0.3 is 10.5 Å². The Hall–Kier alpha value is -1.07. The summed E-state index contributed by atoms with van der Waals surface area (Å²) in [4.78, 5) is 15.8. The summed E-state index contributed by atoms with van der Waals surface area (Å²) in [6.45, 7) is 11.5.